The lowest BCUT2D eigenvalue weighted by Gasteiger charge is -2.27. The molecular weight excluding hydrogens is 349 g/mol. The van der Waals surface area contributed by atoms with Gasteiger partial charge in [-0.3, -0.25) is 9.59 Å². The van der Waals surface area contributed by atoms with Gasteiger partial charge < -0.3 is 14.8 Å². The molecule has 1 aliphatic carbocycles. The van der Waals surface area contributed by atoms with E-state index in [4.69, 9.17) is 9.47 Å². The van der Waals surface area contributed by atoms with Gasteiger partial charge >= 0.3 is 5.97 Å². The van der Waals surface area contributed by atoms with Crippen molar-refractivity contribution in [3.63, 3.8) is 0 Å². The maximum Gasteiger partial charge on any atom is 0.317 e. The summed E-state index contributed by atoms with van der Waals surface area (Å²) in [7, 11) is 1.53. The summed E-state index contributed by atoms with van der Waals surface area (Å²) in [6.45, 7) is -0.424. The van der Waals surface area contributed by atoms with E-state index >= 15 is 0 Å². The van der Waals surface area contributed by atoms with E-state index in [0.717, 1.165) is 12.8 Å². The molecule has 2 aromatic rings. The molecule has 1 fully saturated rings. The molecule has 2 aromatic carbocycles. The van der Waals surface area contributed by atoms with Gasteiger partial charge in [-0.2, -0.15) is 0 Å². The average molecular weight is 371 g/mol. The first-order chi connectivity index (χ1) is 13.0. The van der Waals surface area contributed by atoms with Crippen molar-refractivity contribution in [1.82, 2.24) is 0 Å². The van der Waals surface area contributed by atoms with Crippen molar-refractivity contribution in [3.8, 4) is 5.75 Å². The van der Waals surface area contributed by atoms with Crippen molar-refractivity contribution in [3.05, 3.63) is 59.9 Å². The van der Waals surface area contributed by atoms with Gasteiger partial charge in [0.05, 0.1) is 12.5 Å². The van der Waals surface area contributed by atoms with Crippen molar-refractivity contribution in [2.45, 2.75) is 31.1 Å². The lowest BCUT2D eigenvalue weighted by molar-refractivity contribution is -0.153. The number of amides is 1. The number of nitrogens with one attached hydrogen (secondary N) is 1. The number of hydrogen-bond acceptors (Lipinski definition) is 4. The lowest BCUT2D eigenvalue weighted by Crippen LogP contribution is -2.37. The normalized spacial score (nSPS) is 15.2. The molecular formula is C21H22FNO4. The summed E-state index contributed by atoms with van der Waals surface area (Å²) >= 11 is 0. The Morgan fingerprint density at radius 2 is 1.85 bits per heavy atom. The van der Waals surface area contributed by atoms with Crippen LogP contribution in [0.4, 0.5) is 10.1 Å². The Bertz CT molecular complexity index is 830. The Kier molecular flexibility index (Phi) is 5.74. The Labute approximate surface area is 157 Å². The molecule has 3 rings (SSSR count). The lowest BCUT2D eigenvalue weighted by atomic mass is 9.78. The van der Waals surface area contributed by atoms with E-state index < -0.39 is 29.7 Å². The third kappa shape index (κ3) is 4.10. The predicted molar refractivity (Wildman–Crippen MR) is 99.1 cm³/mol. The zero-order valence-corrected chi connectivity index (χ0v) is 15.2. The van der Waals surface area contributed by atoms with Crippen LogP contribution >= 0.6 is 0 Å². The fourth-order valence-corrected chi connectivity index (χ4v) is 3.58. The minimum Gasteiger partial charge on any atom is -0.497 e. The minimum atomic E-state index is -1.01. The molecule has 27 heavy (non-hydrogen) atoms. The van der Waals surface area contributed by atoms with Gasteiger partial charge in [0.1, 0.15) is 11.6 Å². The van der Waals surface area contributed by atoms with Crippen LogP contribution in [-0.2, 0) is 19.7 Å². The molecule has 1 amide bonds. The number of anilines is 1. The Balaban J connectivity index is 1.66. The average Bonchev–Trinajstić information content (AvgIpc) is 3.17. The summed E-state index contributed by atoms with van der Waals surface area (Å²) in [4.78, 5) is 24.9. The molecule has 0 spiro atoms. The maximum atomic E-state index is 14.3. The fourth-order valence-electron chi connectivity index (χ4n) is 3.58. The van der Waals surface area contributed by atoms with Crippen LogP contribution < -0.4 is 10.1 Å². The first kappa shape index (κ1) is 18.9. The van der Waals surface area contributed by atoms with Gasteiger partial charge in [0.15, 0.2) is 6.61 Å². The first-order valence-electron chi connectivity index (χ1n) is 8.91. The summed E-state index contributed by atoms with van der Waals surface area (Å²) in [6.07, 6.45) is 2.67. The van der Waals surface area contributed by atoms with E-state index in [0.29, 0.717) is 29.8 Å². The molecule has 0 saturated heterocycles. The molecule has 1 aliphatic rings. The zero-order chi connectivity index (χ0) is 19.3. The second-order valence-corrected chi connectivity index (χ2v) is 6.63. The van der Waals surface area contributed by atoms with Gasteiger partial charge in [-0.05, 0) is 31.0 Å². The van der Waals surface area contributed by atoms with E-state index in [9.17, 15) is 14.0 Å². The molecule has 0 heterocycles. The highest BCUT2D eigenvalue weighted by Gasteiger charge is 2.45. The Hall–Kier alpha value is -2.89. The standard InChI is InChI=1S/C21H22FNO4/c1-26-16-8-6-7-15(13-16)23-19(24)14-27-20(25)21(11-4-5-12-21)17-9-2-3-10-18(17)22/h2-3,6-10,13H,4-5,11-12,14H2,1H3,(H,23,24). The quantitative estimate of drug-likeness (QED) is 0.784. The number of rotatable bonds is 6. The van der Waals surface area contributed by atoms with Crippen LogP contribution in [-0.4, -0.2) is 25.6 Å². The highest BCUT2D eigenvalue weighted by atomic mass is 19.1. The number of halogens is 1. The number of methoxy groups -OCH3 is 1. The fraction of sp³-hybridized carbons (Fsp3) is 0.333. The minimum absolute atomic E-state index is 0.348. The SMILES string of the molecule is COc1cccc(NC(=O)COC(=O)C2(c3ccccc3F)CCCC2)c1. The molecule has 142 valence electrons. The first-order valence-corrected chi connectivity index (χ1v) is 8.91. The third-order valence-corrected chi connectivity index (χ3v) is 4.93. The summed E-state index contributed by atoms with van der Waals surface area (Å²) in [5.41, 5.74) is -0.123. The van der Waals surface area contributed by atoms with E-state index in [1.807, 2.05) is 0 Å². The molecule has 6 heteroatoms. The van der Waals surface area contributed by atoms with Crippen molar-refractivity contribution >= 4 is 17.6 Å². The van der Waals surface area contributed by atoms with Gasteiger partial charge in [0.25, 0.3) is 5.91 Å². The van der Waals surface area contributed by atoms with Gasteiger partial charge in [0.2, 0.25) is 0 Å². The number of benzene rings is 2. The summed E-state index contributed by atoms with van der Waals surface area (Å²) in [5.74, 6) is -0.824. The number of carbonyl (C=O) groups is 2. The van der Waals surface area contributed by atoms with E-state index in [-0.39, 0.29) is 0 Å². The monoisotopic (exact) mass is 371 g/mol. The van der Waals surface area contributed by atoms with E-state index in [1.54, 1.807) is 42.5 Å². The molecule has 0 unspecified atom stereocenters. The van der Waals surface area contributed by atoms with Gasteiger partial charge in [-0.25, -0.2) is 4.39 Å². The topological polar surface area (TPSA) is 64.6 Å². The maximum absolute atomic E-state index is 14.3. The molecule has 0 radical (unpaired) electrons. The number of hydrogen-bond donors (Lipinski definition) is 1. The van der Waals surface area contributed by atoms with Crippen molar-refractivity contribution in [1.29, 1.82) is 0 Å². The molecule has 0 atom stereocenters. The third-order valence-electron chi connectivity index (χ3n) is 4.93. The highest BCUT2D eigenvalue weighted by molar-refractivity contribution is 5.94. The van der Waals surface area contributed by atoms with Crippen molar-refractivity contribution in [2.75, 3.05) is 19.0 Å². The largest absolute Gasteiger partial charge is 0.497 e. The van der Waals surface area contributed by atoms with E-state index in [2.05, 4.69) is 5.32 Å². The van der Waals surface area contributed by atoms with Crippen molar-refractivity contribution in [2.24, 2.45) is 0 Å². The summed E-state index contributed by atoms with van der Waals surface area (Å²) in [5, 5.41) is 2.66. The smallest absolute Gasteiger partial charge is 0.317 e. The predicted octanol–water partition coefficient (Wildman–Crippen LogP) is 3.83. The molecule has 0 aromatic heterocycles. The van der Waals surface area contributed by atoms with Crippen LogP contribution in [0.5, 0.6) is 5.75 Å². The second-order valence-electron chi connectivity index (χ2n) is 6.63. The van der Waals surface area contributed by atoms with Gasteiger partial charge in [-0.15, -0.1) is 0 Å². The number of carbonyl (C=O) groups excluding carboxylic acids is 2. The van der Waals surface area contributed by atoms with Crippen LogP contribution in [0, 0.1) is 5.82 Å². The van der Waals surface area contributed by atoms with Crippen molar-refractivity contribution < 1.29 is 23.5 Å². The molecule has 0 aliphatic heterocycles. The molecule has 1 N–H and O–H groups in total. The summed E-state index contributed by atoms with van der Waals surface area (Å²) in [6, 6.07) is 13.1. The number of ether oxygens (including phenoxy) is 2. The van der Waals surface area contributed by atoms with E-state index in [1.165, 1.54) is 13.2 Å². The van der Waals surface area contributed by atoms with Crippen LogP contribution in [0.15, 0.2) is 48.5 Å². The van der Waals surface area contributed by atoms with Crippen LogP contribution in [0.25, 0.3) is 0 Å². The summed E-state index contributed by atoms with van der Waals surface area (Å²) < 4.78 is 24.7. The second kappa shape index (κ2) is 8.20. The van der Waals surface area contributed by atoms with Crippen LogP contribution in [0.1, 0.15) is 31.2 Å². The Morgan fingerprint density at radius 3 is 2.56 bits per heavy atom. The van der Waals surface area contributed by atoms with Crippen LogP contribution in [0.2, 0.25) is 0 Å². The van der Waals surface area contributed by atoms with Gasteiger partial charge in [-0.1, -0.05) is 37.1 Å². The molecule has 1 saturated carbocycles. The zero-order valence-electron chi connectivity index (χ0n) is 15.2. The molecule has 0 bridgehead atoms. The highest BCUT2D eigenvalue weighted by Crippen LogP contribution is 2.43. The van der Waals surface area contributed by atoms with Crippen LogP contribution in [0.3, 0.4) is 0 Å². The number of esters is 1. The Morgan fingerprint density at radius 1 is 1.11 bits per heavy atom. The van der Waals surface area contributed by atoms with Gasteiger partial charge in [0, 0.05) is 17.3 Å². The molecule has 5 nitrogen and oxygen atoms in total.